The number of sulfone groups is 1. The van der Waals surface area contributed by atoms with E-state index in [1.165, 1.54) is 6.26 Å². The van der Waals surface area contributed by atoms with Gasteiger partial charge in [-0.25, -0.2) is 8.42 Å². The van der Waals surface area contributed by atoms with Crippen LogP contribution in [0, 0.1) is 5.92 Å². The van der Waals surface area contributed by atoms with Gasteiger partial charge < -0.3 is 9.32 Å². The smallest absolute Gasteiger partial charge is 0.222 e. The van der Waals surface area contributed by atoms with Gasteiger partial charge in [0.25, 0.3) is 0 Å². The molecule has 1 aliphatic heterocycles. The number of rotatable bonds is 5. The molecule has 106 valence electrons. The highest BCUT2D eigenvalue weighted by Crippen LogP contribution is 2.22. The molecule has 6 heteroatoms. The van der Waals surface area contributed by atoms with E-state index in [4.69, 9.17) is 4.42 Å². The molecule has 1 aliphatic rings. The lowest BCUT2D eigenvalue weighted by Crippen LogP contribution is -2.57. The standard InChI is InChI=1S/C13H19NO4S/c1-10(2)6-13(15)14-7-12(8-14)19(16,17)9-11-4-3-5-18-11/h3-5,10,12H,6-9H2,1-2H3. The summed E-state index contributed by atoms with van der Waals surface area (Å²) in [5.41, 5.74) is 0. The summed E-state index contributed by atoms with van der Waals surface area (Å²) in [5, 5.41) is -0.450. The first kappa shape index (κ1) is 14.1. The van der Waals surface area contributed by atoms with Crippen LogP contribution in [0.25, 0.3) is 0 Å². The van der Waals surface area contributed by atoms with Gasteiger partial charge in [0.15, 0.2) is 9.84 Å². The monoisotopic (exact) mass is 285 g/mol. The SMILES string of the molecule is CC(C)CC(=O)N1CC(S(=O)(=O)Cc2ccco2)C1. The molecule has 5 nitrogen and oxygen atoms in total. The number of hydrogen-bond acceptors (Lipinski definition) is 4. The zero-order valence-corrected chi connectivity index (χ0v) is 12.0. The molecule has 0 N–H and O–H groups in total. The molecule has 1 aromatic heterocycles. The lowest BCUT2D eigenvalue weighted by molar-refractivity contribution is -0.135. The molecule has 0 atom stereocenters. The molecule has 0 radical (unpaired) electrons. The average Bonchev–Trinajstić information content (AvgIpc) is 2.64. The molecule has 2 heterocycles. The van der Waals surface area contributed by atoms with E-state index >= 15 is 0 Å². The Morgan fingerprint density at radius 2 is 2.16 bits per heavy atom. The molecule has 0 aliphatic carbocycles. The van der Waals surface area contributed by atoms with Crippen molar-refractivity contribution in [3.05, 3.63) is 24.2 Å². The van der Waals surface area contributed by atoms with Crippen LogP contribution in [0.3, 0.4) is 0 Å². The topological polar surface area (TPSA) is 67.6 Å². The van der Waals surface area contributed by atoms with Crippen molar-refractivity contribution in [1.29, 1.82) is 0 Å². The predicted molar refractivity (Wildman–Crippen MR) is 71.2 cm³/mol. The van der Waals surface area contributed by atoms with Crippen LogP contribution in [0.2, 0.25) is 0 Å². The van der Waals surface area contributed by atoms with Crippen LogP contribution >= 0.6 is 0 Å². The van der Waals surface area contributed by atoms with Crippen molar-refractivity contribution in [2.75, 3.05) is 13.1 Å². The van der Waals surface area contributed by atoms with Crippen LogP contribution in [0.5, 0.6) is 0 Å². The van der Waals surface area contributed by atoms with Crippen molar-refractivity contribution < 1.29 is 17.6 Å². The summed E-state index contributed by atoms with van der Waals surface area (Å²) in [6.45, 7) is 4.58. The molecule has 2 rings (SSSR count). The third-order valence-electron chi connectivity index (χ3n) is 3.22. The number of likely N-dealkylation sites (tertiary alicyclic amines) is 1. The van der Waals surface area contributed by atoms with Crippen LogP contribution in [0.1, 0.15) is 26.0 Å². The van der Waals surface area contributed by atoms with Gasteiger partial charge in [0.1, 0.15) is 11.5 Å². The molecule has 0 aromatic carbocycles. The van der Waals surface area contributed by atoms with Crippen LogP contribution < -0.4 is 0 Å². The highest BCUT2D eigenvalue weighted by atomic mass is 32.2. The molecule has 0 saturated carbocycles. The molecule has 0 bridgehead atoms. The van der Waals surface area contributed by atoms with Crippen molar-refractivity contribution in [2.24, 2.45) is 5.92 Å². The summed E-state index contributed by atoms with van der Waals surface area (Å²) in [6, 6.07) is 3.32. The number of carbonyl (C=O) groups excluding carboxylic acids is 1. The van der Waals surface area contributed by atoms with E-state index in [1.54, 1.807) is 17.0 Å². The maximum atomic E-state index is 12.1. The number of hydrogen-bond donors (Lipinski definition) is 0. The molecule has 1 fully saturated rings. The third-order valence-corrected chi connectivity index (χ3v) is 5.22. The fraction of sp³-hybridized carbons (Fsp3) is 0.615. The normalized spacial score (nSPS) is 16.7. The van der Waals surface area contributed by atoms with Gasteiger partial charge in [0.05, 0.1) is 11.5 Å². The Balaban J connectivity index is 1.87. The number of amides is 1. The Morgan fingerprint density at radius 1 is 1.47 bits per heavy atom. The van der Waals surface area contributed by atoms with Crippen LogP contribution in [0.15, 0.2) is 22.8 Å². The Hall–Kier alpha value is -1.30. The lowest BCUT2D eigenvalue weighted by Gasteiger charge is -2.38. The summed E-state index contributed by atoms with van der Waals surface area (Å²) < 4.78 is 29.2. The fourth-order valence-electron chi connectivity index (χ4n) is 2.06. The van der Waals surface area contributed by atoms with Gasteiger partial charge in [0, 0.05) is 19.5 Å². The van der Waals surface area contributed by atoms with Crippen LogP contribution in [-0.4, -0.2) is 37.6 Å². The number of furan rings is 1. The summed E-state index contributed by atoms with van der Waals surface area (Å²) in [4.78, 5) is 13.4. The number of carbonyl (C=O) groups is 1. The van der Waals surface area contributed by atoms with Gasteiger partial charge in [0.2, 0.25) is 5.91 Å². The first-order valence-electron chi connectivity index (χ1n) is 6.40. The van der Waals surface area contributed by atoms with Gasteiger partial charge in [-0.1, -0.05) is 13.8 Å². The van der Waals surface area contributed by atoms with Crippen LogP contribution in [-0.2, 0) is 20.4 Å². The molecule has 0 unspecified atom stereocenters. The summed E-state index contributed by atoms with van der Waals surface area (Å²) in [6.07, 6.45) is 1.94. The largest absolute Gasteiger partial charge is 0.468 e. The first-order valence-corrected chi connectivity index (χ1v) is 8.12. The van der Waals surface area contributed by atoms with Crippen molar-refractivity contribution in [3.8, 4) is 0 Å². The van der Waals surface area contributed by atoms with E-state index in [-0.39, 0.29) is 11.7 Å². The zero-order valence-electron chi connectivity index (χ0n) is 11.2. The first-order chi connectivity index (χ1) is 8.88. The van der Waals surface area contributed by atoms with Crippen molar-refractivity contribution in [2.45, 2.75) is 31.3 Å². The van der Waals surface area contributed by atoms with E-state index in [1.807, 2.05) is 13.8 Å². The maximum Gasteiger partial charge on any atom is 0.222 e. The Bertz CT molecular complexity index is 527. The Kier molecular flexibility index (Phi) is 3.99. The second-order valence-electron chi connectivity index (χ2n) is 5.41. The van der Waals surface area contributed by atoms with Crippen molar-refractivity contribution in [3.63, 3.8) is 0 Å². The minimum absolute atomic E-state index is 0.0412. The van der Waals surface area contributed by atoms with Crippen molar-refractivity contribution in [1.82, 2.24) is 4.90 Å². The molecular weight excluding hydrogens is 266 g/mol. The Morgan fingerprint density at radius 3 is 2.68 bits per heavy atom. The third kappa shape index (κ3) is 3.37. The van der Waals surface area contributed by atoms with Gasteiger partial charge in [-0.05, 0) is 18.1 Å². The second-order valence-corrected chi connectivity index (χ2v) is 7.69. The predicted octanol–water partition coefficient (Wildman–Crippen LogP) is 1.45. The molecule has 19 heavy (non-hydrogen) atoms. The molecule has 1 aromatic rings. The van der Waals surface area contributed by atoms with Crippen LogP contribution in [0.4, 0.5) is 0 Å². The van der Waals surface area contributed by atoms with E-state index in [9.17, 15) is 13.2 Å². The summed E-state index contributed by atoms with van der Waals surface area (Å²) >= 11 is 0. The van der Waals surface area contributed by atoms with Gasteiger partial charge in [-0.15, -0.1) is 0 Å². The quantitative estimate of drug-likeness (QED) is 0.821. The highest BCUT2D eigenvalue weighted by molar-refractivity contribution is 7.91. The molecule has 0 spiro atoms. The highest BCUT2D eigenvalue weighted by Gasteiger charge is 2.39. The molecular formula is C13H19NO4S. The average molecular weight is 285 g/mol. The van der Waals surface area contributed by atoms with E-state index < -0.39 is 15.1 Å². The van der Waals surface area contributed by atoms with E-state index in [0.29, 0.717) is 31.2 Å². The van der Waals surface area contributed by atoms with E-state index in [0.717, 1.165) is 0 Å². The minimum Gasteiger partial charge on any atom is -0.468 e. The summed E-state index contributed by atoms with van der Waals surface area (Å²) in [7, 11) is -3.23. The molecule has 1 saturated heterocycles. The number of nitrogens with zero attached hydrogens (tertiary/aromatic N) is 1. The summed E-state index contributed by atoms with van der Waals surface area (Å²) in [5.74, 6) is 0.703. The zero-order chi connectivity index (χ0) is 14.0. The Labute approximate surface area is 113 Å². The molecule has 1 amide bonds. The van der Waals surface area contributed by atoms with E-state index in [2.05, 4.69) is 0 Å². The van der Waals surface area contributed by atoms with Gasteiger partial charge in [-0.3, -0.25) is 4.79 Å². The minimum atomic E-state index is -3.23. The van der Waals surface area contributed by atoms with Gasteiger partial charge >= 0.3 is 0 Å². The fourth-order valence-corrected chi connectivity index (χ4v) is 3.67. The maximum absolute atomic E-state index is 12.1. The van der Waals surface area contributed by atoms with Crippen molar-refractivity contribution >= 4 is 15.7 Å². The second kappa shape index (κ2) is 5.36. The lowest BCUT2D eigenvalue weighted by atomic mass is 10.1. The van der Waals surface area contributed by atoms with Gasteiger partial charge in [-0.2, -0.15) is 0 Å².